The van der Waals surface area contributed by atoms with Crippen molar-refractivity contribution in [1.29, 1.82) is 0 Å². The molecule has 0 fully saturated rings. The molecule has 0 radical (unpaired) electrons. The molecule has 0 aromatic heterocycles. The van der Waals surface area contributed by atoms with Gasteiger partial charge in [0, 0.05) is 38.4 Å². The zero-order valence-electron chi connectivity index (χ0n) is 12.0. The lowest BCUT2D eigenvalue weighted by atomic mass is 10.1. The van der Waals surface area contributed by atoms with Gasteiger partial charge in [-0.15, -0.1) is 0 Å². The van der Waals surface area contributed by atoms with Gasteiger partial charge in [-0.2, -0.15) is 0 Å². The summed E-state index contributed by atoms with van der Waals surface area (Å²) in [5.74, 6) is -0.968. The number of urea groups is 1. The summed E-state index contributed by atoms with van der Waals surface area (Å²) < 4.78 is 0. The van der Waals surface area contributed by atoms with Gasteiger partial charge in [-0.3, -0.25) is 4.79 Å². The molecule has 0 aliphatic heterocycles. The van der Waals surface area contributed by atoms with Crippen LogP contribution in [0.1, 0.15) is 13.3 Å². The summed E-state index contributed by atoms with van der Waals surface area (Å²) in [6.07, 6.45) is 0.0381. The van der Waals surface area contributed by atoms with E-state index in [4.69, 9.17) is 5.11 Å². The minimum atomic E-state index is -0.863. The summed E-state index contributed by atoms with van der Waals surface area (Å²) >= 11 is 0. The van der Waals surface area contributed by atoms with Gasteiger partial charge >= 0.3 is 12.0 Å². The summed E-state index contributed by atoms with van der Waals surface area (Å²) in [6.45, 7) is 2.10. The van der Waals surface area contributed by atoms with Gasteiger partial charge in [0.1, 0.15) is 0 Å². The zero-order valence-corrected chi connectivity index (χ0v) is 12.0. The third-order valence-corrected chi connectivity index (χ3v) is 2.75. The van der Waals surface area contributed by atoms with Crippen LogP contribution in [-0.4, -0.2) is 37.7 Å². The molecule has 2 amide bonds. The van der Waals surface area contributed by atoms with E-state index in [0.29, 0.717) is 12.2 Å². The van der Waals surface area contributed by atoms with Crippen LogP contribution in [-0.2, 0) is 4.79 Å². The molecule has 0 heterocycles. The number of rotatable bonds is 6. The Morgan fingerprint density at radius 2 is 2.05 bits per heavy atom. The third kappa shape index (κ3) is 5.60. The van der Waals surface area contributed by atoms with Gasteiger partial charge in [0.25, 0.3) is 0 Å². The first-order chi connectivity index (χ1) is 9.38. The number of carboxylic acids is 1. The largest absolute Gasteiger partial charge is 0.481 e. The number of amides is 2. The van der Waals surface area contributed by atoms with E-state index in [1.54, 1.807) is 13.0 Å². The second kappa shape index (κ2) is 7.37. The Hall–Kier alpha value is -2.24. The molecule has 1 atom stereocenters. The van der Waals surface area contributed by atoms with Gasteiger partial charge in [0.2, 0.25) is 0 Å². The molecule has 3 N–H and O–H groups in total. The van der Waals surface area contributed by atoms with Gasteiger partial charge in [-0.05, 0) is 24.1 Å². The van der Waals surface area contributed by atoms with E-state index in [-0.39, 0.29) is 18.4 Å². The van der Waals surface area contributed by atoms with E-state index in [1.807, 2.05) is 37.2 Å². The molecule has 6 nitrogen and oxygen atoms in total. The second-order valence-corrected chi connectivity index (χ2v) is 4.98. The molecule has 0 spiro atoms. The second-order valence-electron chi connectivity index (χ2n) is 4.98. The lowest BCUT2D eigenvalue weighted by Gasteiger charge is -2.15. The first kappa shape index (κ1) is 15.8. The topological polar surface area (TPSA) is 81.7 Å². The van der Waals surface area contributed by atoms with Crippen molar-refractivity contribution in [1.82, 2.24) is 5.32 Å². The molecule has 1 unspecified atom stereocenters. The van der Waals surface area contributed by atoms with Crippen LogP contribution in [0.15, 0.2) is 24.3 Å². The maximum Gasteiger partial charge on any atom is 0.319 e. The number of carboxylic acid groups (broad SMARTS) is 1. The summed E-state index contributed by atoms with van der Waals surface area (Å²) in [7, 11) is 3.85. The van der Waals surface area contributed by atoms with E-state index in [9.17, 15) is 9.59 Å². The molecule has 0 saturated carbocycles. The van der Waals surface area contributed by atoms with Crippen LogP contribution >= 0.6 is 0 Å². The van der Waals surface area contributed by atoms with Gasteiger partial charge in [0.05, 0.1) is 0 Å². The Bertz CT molecular complexity index is 474. The fourth-order valence-corrected chi connectivity index (χ4v) is 1.67. The molecule has 0 saturated heterocycles. The summed E-state index contributed by atoms with van der Waals surface area (Å²) in [4.78, 5) is 24.2. The van der Waals surface area contributed by atoms with Crippen molar-refractivity contribution in [3.8, 4) is 0 Å². The van der Waals surface area contributed by atoms with Crippen LogP contribution in [0, 0.1) is 5.92 Å². The highest BCUT2D eigenvalue weighted by Crippen LogP contribution is 2.17. The maximum absolute atomic E-state index is 11.7. The number of carbonyl (C=O) groups is 2. The SMILES string of the molecule is CC(CNC(=O)Nc1cccc(N(C)C)c1)CC(=O)O. The van der Waals surface area contributed by atoms with Crippen LogP contribution in [0.2, 0.25) is 0 Å². The smallest absolute Gasteiger partial charge is 0.319 e. The predicted molar refractivity (Wildman–Crippen MR) is 79.2 cm³/mol. The normalized spacial score (nSPS) is 11.6. The highest BCUT2D eigenvalue weighted by atomic mass is 16.4. The van der Waals surface area contributed by atoms with Crippen molar-refractivity contribution >= 4 is 23.4 Å². The number of hydrogen-bond donors (Lipinski definition) is 3. The highest BCUT2D eigenvalue weighted by Gasteiger charge is 2.09. The van der Waals surface area contributed by atoms with E-state index in [2.05, 4.69) is 10.6 Å². The van der Waals surface area contributed by atoms with E-state index in [0.717, 1.165) is 5.69 Å². The summed E-state index contributed by atoms with van der Waals surface area (Å²) in [5, 5.41) is 14.0. The lowest BCUT2D eigenvalue weighted by molar-refractivity contribution is -0.137. The molecule has 1 rings (SSSR count). The average Bonchev–Trinajstić information content (AvgIpc) is 2.36. The van der Waals surface area contributed by atoms with Crippen molar-refractivity contribution in [3.63, 3.8) is 0 Å². The number of nitrogens with zero attached hydrogens (tertiary/aromatic N) is 1. The van der Waals surface area contributed by atoms with Crippen molar-refractivity contribution in [2.75, 3.05) is 30.9 Å². The Morgan fingerprint density at radius 1 is 1.35 bits per heavy atom. The van der Waals surface area contributed by atoms with Crippen molar-refractivity contribution < 1.29 is 14.7 Å². The third-order valence-electron chi connectivity index (χ3n) is 2.75. The minimum Gasteiger partial charge on any atom is -0.481 e. The van der Waals surface area contributed by atoms with Gasteiger partial charge in [0.15, 0.2) is 0 Å². The summed E-state index contributed by atoms with van der Waals surface area (Å²) in [5.41, 5.74) is 1.68. The highest BCUT2D eigenvalue weighted by molar-refractivity contribution is 5.89. The molecule has 0 aliphatic carbocycles. The number of nitrogens with one attached hydrogen (secondary N) is 2. The number of carbonyl (C=O) groups excluding carboxylic acids is 1. The average molecular weight is 279 g/mol. The monoisotopic (exact) mass is 279 g/mol. The first-order valence-corrected chi connectivity index (χ1v) is 6.42. The molecule has 6 heteroatoms. The van der Waals surface area contributed by atoms with Gasteiger partial charge in [-0.25, -0.2) is 4.79 Å². The minimum absolute atomic E-state index is 0.0381. The molecular weight excluding hydrogens is 258 g/mol. The van der Waals surface area contributed by atoms with Crippen molar-refractivity contribution in [2.24, 2.45) is 5.92 Å². The van der Waals surface area contributed by atoms with Crippen LogP contribution in [0.4, 0.5) is 16.2 Å². The Labute approximate surface area is 118 Å². The number of hydrogen-bond acceptors (Lipinski definition) is 3. The number of benzene rings is 1. The van der Waals surface area contributed by atoms with Gasteiger partial charge < -0.3 is 20.6 Å². The van der Waals surface area contributed by atoms with Crippen LogP contribution in [0.25, 0.3) is 0 Å². The molecule has 110 valence electrons. The molecular formula is C14H21N3O3. The molecule has 20 heavy (non-hydrogen) atoms. The standard InChI is InChI=1S/C14H21N3O3/c1-10(7-13(18)19)9-15-14(20)16-11-5-4-6-12(8-11)17(2)3/h4-6,8,10H,7,9H2,1-3H3,(H,18,19)(H2,15,16,20). The molecule has 1 aromatic rings. The Morgan fingerprint density at radius 3 is 2.65 bits per heavy atom. The first-order valence-electron chi connectivity index (χ1n) is 6.42. The van der Waals surface area contributed by atoms with E-state index >= 15 is 0 Å². The van der Waals surface area contributed by atoms with Crippen LogP contribution < -0.4 is 15.5 Å². The zero-order chi connectivity index (χ0) is 15.1. The van der Waals surface area contributed by atoms with Crippen molar-refractivity contribution in [2.45, 2.75) is 13.3 Å². The molecule has 1 aromatic carbocycles. The maximum atomic E-state index is 11.7. The lowest BCUT2D eigenvalue weighted by Crippen LogP contribution is -2.33. The predicted octanol–water partition coefficient (Wildman–Crippen LogP) is 1.98. The number of aliphatic carboxylic acids is 1. The van der Waals surface area contributed by atoms with Crippen LogP contribution in [0.3, 0.4) is 0 Å². The van der Waals surface area contributed by atoms with E-state index in [1.165, 1.54) is 0 Å². The Kier molecular flexibility index (Phi) is 5.83. The molecule has 0 aliphatic rings. The number of anilines is 2. The fourth-order valence-electron chi connectivity index (χ4n) is 1.67. The van der Waals surface area contributed by atoms with Gasteiger partial charge in [-0.1, -0.05) is 13.0 Å². The Balaban J connectivity index is 2.46. The molecule has 0 bridgehead atoms. The van der Waals surface area contributed by atoms with Crippen LogP contribution in [0.5, 0.6) is 0 Å². The van der Waals surface area contributed by atoms with Crippen molar-refractivity contribution in [3.05, 3.63) is 24.3 Å². The quantitative estimate of drug-likeness (QED) is 0.743. The summed E-state index contributed by atoms with van der Waals surface area (Å²) in [6, 6.07) is 7.13. The fraction of sp³-hybridized carbons (Fsp3) is 0.429. The van der Waals surface area contributed by atoms with E-state index < -0.39 is 5.97 Å².